The van der Waals surface area contributed by atoms with Gasteiger partial charge in [0.05, 0.1) is 29.8 Å². The summed E-state index contributed by atoms with van der Waals surface area (Å²) in [5.74, 6) is 0.278. The Kier molecular flexibility index (Phi) is 4.33. The molecule has 3 aromatic rings. The first-order valence-electron chi connectivity index (χ1n) is 9.25. The third-order valence-electron chi connectivity index (χ3n) is 5.41. The Balaban J connectivity index is 1.57. The molecule has 2 aliphatic heterocycles. The lowest BCUT2D eigenvalue weighted by molar-refractivity contribution is -0.0569. The molecule has 0 N–H and O–H groups in total. The van der Waals surface area contributed by atoms with Gasteiger partial charge < -0.3 is 14.2 Å². The maximum Gasteiger partial charge on any atom is 0.256 e. The standard InChI is InChI=1S/C20H17ClFN5O2/c1-11-4-2-5-13(16(11)21)20(28)27-12-8-26-18(15(27)10-29-9-12)24-25-19(26)17-14(22)6-3-7-23-17/h2-7,12,15H,8-10H2,1H3/t12-,15-/m1/s1. The first-order chi connectivity index (χ1) is 14.1. The Bertz CT molecular complexity index is 1120. The van der Waals surface area contributed by atoms with Gasteiger partial charge in [-0.25, -0.2) is 9.37 Å². The summed E-state index contributed by atoms with van der Waals surface area (Å²) in [6.07, 6.45) is 1.52. The molecule has 0 radical (unpaired) electrons. The minimum Gasteiger partial charge on any atom is -0.377 e. The number of hydrogen-bond donors (Lipinski definition) is 0. The van der Waals surface area contributed by atoms with E-state index in [1.54, 1.807) is 11.0 Å². The molecule has 1 saturated heterocycles. The van der Waals surface area contributed by atoms with Crippen LogP contribution in [0.25, 0.3) is 11.5 Å². The minimum absolute atomic E-state index is 0.145. The van der Waals surface area contributed by atoms with Gasteiger partial charge in [-0.05, 0) is 30.7 Å². The zero-order valence-corrected chi connectivity index (χ0v) is 16.3. The number of amides is 1. The number of fused-ring (bicyclic) bond motifs is 4. The molecule has 9 heteroatoms. The molecule has 29 heavy (non-hydrogen) atoms. The lowest BCUT2D eigenvalue weighted by atomic mass is 10.0. The molecule has 0 spiro atoms. The van der Waals surface area contributed by atoms with Gasteiger partial charge in [-0.3, -0.25) is 4.79 Å². The molecule has 1 fully saturated rings. The number of hydrogen-bond acceptors (Lipinski definition) is 5. The van der Waals surface area contributed by atoms with E-state index in [-0.39, 0.29) is 24.2 Å². The van der Waals surface area contributed by atoms with Crippen LogP contribution in [0, 0.1) is 12.7 Å². The molecule has 1 aromatic carbocycles. The number of carbonyl (C=O) groups is 1. The van der Waals surface area contributed by atoms with Crippen LogP contribution in [-0.4, -0.2) is 49.8 Å². The molecule has 148 valence electrons. The molecule has 0 aliphatic carbocycles. The average molecular weight is 414 g/mol. The first kappa shape index (κ1) is 18.2. The van der Waals surface area contributed by atoms with Crippen LogP contribution in [0.2, 0.25) is 5.02 Å². The predicted molar refractivity (Wildman–Crippen MR) is 103 cm³/mol. The molecule has 2 bridgehead atoms. The monoisotopic (exact) mass is 413 g/mol. The van der Waals surface area contributed by atoms with Crippen LogP contribution in [0.1, 0.15) is 27.8 Å². The topological polar surface area (TPSA) is 73.1 Å². The highest BCUT2D eigenvalue weighted by Gasteiger charge is 2.44. The van der Waals surface area contributed by atoms with E-state index in [1.165, 1.54) is 18.3 Å². The average Bonchev–Trinajstić information content (AvgIpc) is 3.13. The Hall–Kier alpha value is -2.84. The molecular weight excluding hydrogens is 397 g/mol. The number of morpholine rings is 1. The predicted octanol–water partition coefficient (Wildman–Crippen LogP) is 3.04. The highest BCUT2D eigenvalue weighted by molar-refractivity contribution is 6.34. The summed E-state index contributed by atoms with van der Waals surface area (Å²) in [7, 11) is 0. The summed E-state index contributed by atoms with van der Waals surface area (Å²) in [6, 6.07) is 7.60. The highest BCUT2D eigenvalue weighted by Crippen LogP contribution is 2.37. The number of ether oxygens (including phenoxy) is 1. The largest absolute Gasteiger partial charge is 0.377 e. The quantitative estimate of drug-likeness (QED) is 0.645. The summed E-state index contributed by atoms with van der Waals surface area (Å²) < 4.78 is 21.8. The molecule has 1 amide bonds. The van der Waals surface area contributed by atoms with E-state index >= 15 is 0 Å². The van der Waals surface area contributed by atoms with Crippen LogP contribution in [-0.2, 0) is 11.3 Å². The Morgan fingerprint density at radius 1 is 1.24 bits per heavy atom. The van der Waals surface area contributed by atoms with Gasteiger partial charge in [0.1, 0.15) is 11.7 Å². The van der Waals surface area contributed by atoms with Gasteiger partial charge in [0, 0.05) is 12.7 Å². The summed E-state index contributed by atoms with van der Waals surface area (Å²) in [5, 5.41) is 8.88. The van der Waals surface area contributed by atoms with Crippen LogP contribution in [0.5, 0.6) is 0 Å². The summed E-state index contributed by atoms with van der Waals surface area (Å²) in [6.45, 7) is 2.91. The SMILES string of the molecule is Cc1cccc(C(=O)N2[C@H]3COC[C@@H]2c2nnc(-c4ncccc4F)n2C3)c1Cl. The Morgan fingerprint density at radius 3 is 2.93 bits per heavy atom. The second-order valence-electron chi connectivity index (χ2n) is 7.18. The fraction of sp³-hybridized carbons (Fsp3) is 0.300. The number of halogens is 2. The van der Waals surface area contributed by atoms with E-state index in [1.807, 2.05) is 23.6 Å². The lowest BCUT2D eigenvalue weighted by Gasteiger charge is -2.45. The number of aromatic nitrogens is 4. The van der Waals surface area contributed by atoms with E-state index in [4.69, 9.17) is 16.3 Å². The Labute approximate surface area is 171 Å². The van der Waals surface area contributed by atoms with Crippen molar-refractivity contribution in [3.63, 3.8) is 0 Å². The summed E-state index contributed by atoms with van der Waals surface area (Å²) in [5.41, 5.74) is 1.44. The number of carbonyl (C=O) groups excluding carboxylic acids is 1. The Morgan fingerprint density at radius 2 is 2.10 bits per heavy atom. The van der Waals surface area contributed by atoms with Crippen molar-refractivity contribution in [1.82, 2.24) is 24.6 Å². The zero-order valence-electron chi connectivity index (χ0n) is 15.5. The number of aryl methyl sites for hydroxylation is 1. The van der Waals surface area contributed by atoms with Gasteiger partial charge in [0.2, 0.25) is 0 Å². The molecule has 2 aliphatic rings. The van der Waals surface area contributed by atoms with Gasteiger partial charge in [-0.15, -0.1) is 10.2 Å². The molecule has 2 atom stereocenters. The summed E-state index contributed by atoms with van der Waals surface area (Å²) in [4.78, 5) is 19.3. The molecule has 0 unspecified atom stereocenters. The van der Waals surface area contributed by atoms with Crippen molar-refractivity contribution in [1.29, 1.82) is 0 Å². The van der Waals surface area contributed by atoms with Gasteiger partial charge in [0.15, 0.2) is 17.5 Å². The molecule has 4 heterocycles. The van der Waals surface area contributed by atoms with Crippen LogP contribution >= 0.6 is 11.6 Å². The van der Waals surface area contributed by atoms with Crippen LogP contribution in [0.4, 0.5) is 4.39 Å². The summed E-state index contributed by atoms with van der Waals surface area (Å²) >= 11 is 6.40. The van der Waals surface area contributed by atoms with Crippen molar-refractivity contribution < 1.29 is 13.9 Å². The van der Waals surface area contributed by atoms with Gasteiger partial charge in [-0.2, -0.15) is 0 Å². The molecular formula is C20H17ClFN5O2. The second kappa shape index (κ2) is 6.89. The van der Waals surface area contributed by atoms with Crippen molar-refractivity contribution in [2.24, 2.45) is 0 Å². The van der Waals surface area contributed by atoms with Crippen molar-refractivity contribution in [3.8, 4) is 11.5 Å². The third kappa shape index (κ3) is 2.82. The second-order valence-corrected chi connectivity index (χ2v) is 7.56. The van der Waals surface area contributed by atoms with Crippen LogP contribution in [0.15, 0.2) is 36.5 Å². The smallest absolute Gasteiger partial charge is 0.256 e. The molecule has 5 rings (SSSR count). The number of pyridine rings is 1. The number of benzene rings is 1. The third-order valence-corrected chi connectivity index (χ3v) is 5.91. The molecule has 0 saturated carbocycles. The zero-order chi connectivity index (χ0) is 20.1. The van der Waals surface area contributed by atoms with Gasteiger partial charge in [0.25, 0.3) is 5.91 Å². The number of nitrogens with zero attached hydrogens (tertiary/aromatic N) is 5. The lowest BCUT2D eigenvalue weighted by Crippen LogP contribution is -2.56. The van der Waals surface area contributed by atoms with E-state index in [9.17, 15) is 9.18 Å². The normalized spacial score (nSPS) is 20.4. The minimum atomic E-state index is -0.464. The fourth-order valence-electron chi connectivity index (χ4n) is 4.01. The van der Waals surface area contributed by atoms with Crippen molar-refractivity contribution >= 4 is 17.5 Å². The van der Waals surface area contributed by atoms with Gasteiger partial charge in [-0.1, -0.05) is 23.7 Å². The maximum absolute atomic E-state index is 14.3. The molecule has 2 aromatic heterocycles. The van der Waals surface area contributed by atoms with Crippen molar-refractivity contribution in [3.05, 3.63) is 64.3 Å². The van der Waals surface area contributed by atoms with E-state index in [0.717, 1.165) is 5.56 Å². The van der Waals surface area contributed by atoms with E-state index < -0.39 is 11.9 Å². The first-order valence-corrected chi connectivity index (χ1v) is 9.63. The fourth-order valence-corrected chi connectivity index (χ4v) is 4.21. The van der Waals surface area contributed by atoms with E-state index in [0.29, 0.717) is 35.4 Å². The maximum atomic E-state index is 14.3. The van der Waals surface area contributed by atoms with Crippen LogP contribution < -0.4 is 0 Å². The van der Waals surface area contributed by atoms with Crippen LogP contribution in [0.3, 0.4) is 0 Å². The van der Waals surface area contributed by atoms with Crippen molar-refractivity contribution in [2.45, 2.75) is 25.6 Å². The van der Waals surface area contributed by atoms with Crippen molar-refractivity contribution in [2.75, 3.05) is 13.2 Å². The van der Waals surface area contributed by atoms with Gasteiger partial charge >= 0.3 is 0 Å². The number of rotatable bonds is 2. The van der Waals surface area contributed by atoms with E-state index in [2.05, 4.69) is 15.2 Å². The molecule has 7 nitrogen and oxygen atoms in total. The highest BCUT2D eigenvalue weighted by atomic mass is 35.5.